The lowest BCUT2D eigenvalue weighted by Gasteiger charge is -2.44. The van der Waals surface area contributed by atoms with E-state index in [4.69, 9.17) is 0 Å². The van der Waals surface area contributed by atoms with Gasteiger partial charge in [0, 0.05) is 11.6 Å². The molecule has 1 aliphatic carbocycles. The lowest BCUT2D eigenvalue weighted by atomic mass is 9.78. The molecule has 3 heteroatoms. The van der Waals surface area contributed by atoms with Gasteiger partial charge >= 0.3 is 0 Å². The number of hydrogen-bond donors (Lipinski definition) is 2. The van der Waals surface area contributed by atoms with E-state index in [1.807, 2.05) is 0 Å². The summed E-state index contributed by atoms with van der Waals surface area (Å²) in [5.41, 5.74) is -0.0124. The highest BCUT2D eigenvalue weighted by atomic mass is 16.3. The quantitative estimate of drug-likeness (QED) is 0.717. The van der Waals surface area contributed by atoms with Gasteiger partial charge in [0.15, 0.2) is 0 Å². The van der Waals surface area contributed by atoms with Crippen LogP contribution in [-0.2, 0) is 0 Å². The van der Waals surface area contributed by atoms with E-state index in [-0.39, 0.29) is 12.1 Å². The monoisotopic (exact) mass is 242 g/mol. The summed E-state index contributed by atoms with van der Waals surface area (Å²) in [6.07, 6.45) is 5.89. The van der Waals surface area contributed by atoms with Crippen LogP contribution in [0.3, 0.4) is 0 Å². The summed E-state index contributed by atoms with van der Waals surface area (Å²) in [6.45, 7) is 10.2. The summed E-state index contributed by atoms with van der Waals surface area (Å²) >= 11 is 0. The van der Waals surface area contributed by atoms with Crippen LogP contribution < -0.4 is 5.32 Å². The summed E-state index contributed by atoms with van der Waals surface area (Å²) in [5.74, 6) is 0. The van der Waals surface area contributed by atoms with Gasteiger partial charge in [-0.15, -0.1) is 0 Å². The van der Waals surface area contributed by atoms with Gasteiger partial charge in [-0.25, -0.2) is 0 Å². The number of hydrogen-bond acceptors (Lipinski definition) is 3. The van der Waals surface area contributed by atoms with Crippen molar-refractivity contribution in [2.24, 2.45) is 0 Å². The molecule has 0 radical (unpaired) electrons. The Balaban J connectivity index is 2.61. The van der Waals surface area contributed by atoms with Crippen molar-refractivity contribution in [1.29, 1.82) is 0 Å². The zero-order chi connectivity index (χ0) is 12.7. The van der Waals surface area contributed by atoms with E-state index < -0.39 is 0 Å². The zero-order valence-electron chi connectivity index (χ0n) is 11.8. The molecule has 0 aromatic rings. The summed E-state index contributed by atoms with van der Waals surface area (Å²) < 4.78 is 0. The van der Waals surface area contributed by atoms with Gasteiger partial charge < -0.3 is 15.3 Å². The number of nitrogens with one attached hydrogen (secondary N) is 1. The van der Waals surface area contributed by atoms with Crippen molar-refractivity contribution < 1.29 is 5.11 Å². The third-order valence-electron chi connectivity index (χ3n) is 4.20. The standard InChI is InChI=1S/C14H30N2O/c1-4-10-15-14(12-17)9-7-8-13(11-14)16(5-2)6-3/h13,15,17H,4-12H2,1-3H3. The average molecular weight is 242 g/mol. The predicted octanol–water partition coefficient (Wildman–Crippen LogP) is 2.00. The fourth-order valence-corrected chi connectivity index (χ4v) is 3.13. The van der Waals surface area contributed by atoms with Crippen LogP contribution in [0.2, 0.25) is 0 Å². The fraction of sp³-hybridized carbons (Fsp3) is 1.00. The topological polar surface area (TPSA) is 35.5 Å². The second-order valence-electron chi connectivity index (χ2n) is 5.34. The third-order valence-corrected chi connectivity index (χ3v) is 4.20. The van der Waals surface area contributed by atoms with Crippen LogP contribution >= 0.6 is 0 Å². The van der Waals surface area contributed by atoms with Crippen LogP contribution in [0, 0.1) is 0 Å². The van der Waals surface area contributed by atoms with Gasteiger partial charge in [0.05, 0.1) is 6.61 Å². The van der Waals surface area contributed by atoms with Gasteiger partial charge in [-0.3, -0.25) is 0 Å². The smallest absolute Gasteiger partial charge is 0.0613 e. The second-order valence-corrected chi connectivity index (χ2v) is 5.34. The van der Waals surface area contributed by atoms with Crippen LogP contribution in [-0.4, -0.2) is 47.8 Å². The highest BCUT2D eigenvalue weighted by molar-refractivity contribution is 4.96. The van der Waals surface area contributed by atoms with Crippen LogP contribution in [0.4, 0.5) is 0 Å². The van der Waals surface area contributed by atoms with Gasteiger partial charge in [-0.1, -0.05) is 20.8 Å². The van der Waals surface area contributed by atoms with Crippen molar-refractivity contribution in [3.8, 4) is 0 Å². The normalized spacial score (nSPS) is 29.8. The number of aliphatic hydroxyl groups is 1. The van der Waals surface area contributed by atoms with Crippen molar-refractivity contribution in [1.82, 2.24) is 10.2 Å². The van der Waals surface area contributed by atoms with E-state index in [9.17, 15) is 5.11 Å². The highest BCUT2D eigenvalue weighted by Gasteiger charge is 2.36. The molecule has 2 unspecified atom stereocenters. The molecule has 1 fully saturated rings. The van der Waals surface area contributed by atoms with Crippen LogP contribution in [0.5, 0.6) is 0 Å². The molecule has 102 valence electrons. The molecular weight excluding hydrogens is 212 g/mol. The predicted molar refractivity (Wildman–Crippen MR) is 73.3 cm³/mol. The summed E-state index contributed by atoms with van der Waals surface area (Å²) in [5, 5.41) is 13.3. The molecule has 0 bridgehead atoms. The first kappa shape index (κ1) is 14.9. The third kappa shape index (κ3) is 3.94. The van der Waals surface area contributed by atoms with E-state index in [0.29, 0.717) is 6.04 Å². The van der Waals surface area contributed by atoms with Gasteiger partial charge in [-0.2, -0.15) is 0 Å². The zero-order valence-corrected chi connectivity index (χ0v) is 11.8. The van der Waals surface area contributed by atoms with Gasteiger partial charge in [-0.05, 0) is 51.7 Å². The van der Waals surface area contributed by atoms with Crippen molar-refractivity contribution in [2.45, 2.75) is 64.5 Å². The molecule has 0 aliphatic heterocycles. The van der Waals surface area contributed by atoms with Crippen LogP contribution in [0.1, 0.15) is 52.9 Å². The summed E-state index contributed by atoms with van der Waals surface area (Å²) in [6, 6.07) is 0.648. The molecule has 1 rings (SSSR count). The molecule has 0 saturated heterocycles. The van der Waals surface area contributed by atoms with Crippen molar-refractivity contribution in [3.05, 3.63) is 0 Å². The lowest BCUT2D eigenvalue weighted by molar-refractivity contribution is 0.0636. The SMILES string of the molecule is CCCNC1(CO)CCCC(N(CC)CC)C1. The molecule has 0 heterocycles. The summed E-state index contributed by atoms with van der Waals surface area (Å²) in [4.78, 5) is 2.54. The molecule has 1 saturated carbocycles. The lowest BCUT2D eigenvalue weighted by Crippen LogP contribution is -2.56. The van der Waals surface area contributed by atoms with E-state index in [2.05, 4.69) is 31.0 Å². The number of rotatable bonds is 7. The first-order valence-corrected chi connectivity index (χ1v) is 7.31. The molecule has 0 amide bonds. The largest absolute Gasteiger partial charge is 0.394 e. The molecule has 0 spiro atoms. The average Bonchev–Trinajstić information content (AvgIpc) is 2.38. The first-order chi connectivity index (χ1) is 8.21. The Morgan fingerprint density at radius 3 is 2.53 bits per heavy atom. The Labute approximate surface area is 107 Å². The van der Waals surface area contributed by atoms with Crippen molar-refractivity contribution in [2.75, 3.05) is 26.2 Å². The molecule has 3 nitrogen and oxygen atoms in total. The van der Waals surface area contributed by atoms with E-state index >= 15 is 0 Å². The molecule has 2 atom stereocenters. The molecule has 17 heavy (non-hydrogen) atoms. The first-order valence-electron chi connectivity index (χ1n) is 7.31. The Kier molecular flexibility index (Phi) is 6.45. The molecule has 2 N–H and O–H groups in total. The van der Waals surface area contributed by atoms with Crippen LogP contribution in [0.15, 0.2) is 0 Å². The Bertz CT molecular complexity index is 206. The Morgan fingerprint density at radius 2 is 2.00 bits per heavy atom. The Morgan fingerprint density at radius 1 is 1.29 bits per heavy atom. The fourth-order valence-electron chi connectivity index (χ4n) is 3.13. The highest BCUT2D eigenvalue weighted by Crippen LogP contribution is 2.31. The van der Waals surface area contributed by atoms with Crippen molar-refractivity contribution in [3.63, 3.8) is 0 Å². The van der Waals surface area contributed by atoms with Gasteiger partial charge in [0.2, 0.25) is 0 Å². The van der Waals surface area contributed by atoms with E-state index in [1.165, 1.54) is 12.8 Å². The maximum Gasteiger partial charge on any atom is 0.0613 e. The number of nitrogens with zero attached hydrogens (tertiary/aromatic N) is 1. The summed E-state index contributed by atoms with van der Waals surface area (Å²) in [7, 11) is 0. The van der Waals surface area contributed by atoms with Gasteiger partial charge in [0.1, 0.15) is 0 Å². The minimum atomic E-state index is -0.0124. The molecule has 0 aromatic heterocycles. The molecule has 1 aliphatic rings. The van der Waals surface area contributed by atoms with Crippen LogP contribution in [0.25, 0.3) is 0 Å². The van der Waals surface area contributed by atoms with Crippen molar-refractivity contribution >= 4 is 0 Å². The maximum atomic E-state index is 9.73. The second kappa shape index (κ2) is 7.34. The molecule has 0 aromatic carbocycles. The minimum Gasteiger partial charge on any atom is -0.394 e. The van der Waals surface area contributed by atoms with Gasteiger partial charge in [0.25, 0.3) is 0 Å². The molecular formula is C14H30N2O. The maximum absolute atomic E-state index is 9.73. The Hall–Kier alpha value is -0.120. The van der Waals surface area contributed by atoms with E-state index in [1.54, 1.807) is 0 Å². The minimum absolute atomic E-state index is 0.0124. The number of aliphatic hydroxyl groups excluding tert-OH is 1. The van der Waals surface area contributed by atoms with E-state index in [0.717, 1.165) is 38.9 Å².